The number of ketones is 1. The zero-order chi connectivity index (χ0) is 9.14. The van der Waals surface area contributed by atoms with E-state index in [4.69, 9.17) is 4.74 Å². The summed E-state index contributed by atoms with van der Waals surface area (Å²) in [5.41, 5.74) is 0. The number of esters is 1. The number of carbonyl (C=O) groups excluding carboxylic acids is 2. The molecule has 1 aliphatic carbocycles. The van der Waals surface area contributed by atoms with Gasteiger partial charge in [-0.3, -0.25) is 9.59 Å². The molecule has 0 bridgehead atoms. The Morgan fingerprint density at radius 1 is 1.42 bits per heavy atom. The van der Waals surface area contributed by atoms with Crippen molar-refractivity contribution in [1.82, 2.24) is 0 Å². The molecule has 0 unspecified atom stereocenters. The highest BCUT2D eigenvalue weighted by molar-refractivity contribution is 5.97. The molecule has 0 aromatic rings. The first-order valence-electron chi connectivity index (χ1n) is 4.32. The van der Waals surface area contributed by atoms with Gasteiger partial charge in [0.1, 0.15) is 12.2 Å². The quantitative estimate of drug-likeness (QED) is 0.472. The van der Waals surface area contributed by atoms with Crippen LogP contribution < -0.4 is 0 Å². The minimum absolute atomic E-state index is 0.0388. The van der Waals surface area contributed by atoms with Crippen molar-refractivity contribution < 1.29 is 14.3 Å². The maximum atomic E-state index is 11.1. The summed E-state index contributed by atoms with van der Waals surface area (Å²) in [7, 11) is 0. The van der Waals surface area contributed by atoms with Gasteiger partial charge in [-0.05, 0) is 26.7 Å². The summed E-state index contributed by atoms with van der Waals surface area (Å²) in [6, 6.07) is 0. The van der Waals surface area contributed by atoms with Crippen LogP contribution in [0, 0.1) is 5.92 Å². The van der Waals surface area contributed by atoms with E-state index in [0.29, 0.717) is 0 Å². The van der Waals surface area contributed by atoms with Crippen LogP contribution in [-0.2, 0) is 14.3 Å². The summed E-state index contributed by atoms with van der Waals surface area (Å²) in [6.45, 7) is 3.55. The van der Waals surface area contributed by atoms with Crippen LogP contribution in [0.25, 0.3) is 0 Å². The molecule has 3 nitrogen and oxygen atoms in total. The predicted octanol–water partition coefficient (Wildman–Crippen LogP) is 1.31. The molecular formula is C9H14O3. The van der Waals surface area contributed by atoms with Crippen LogP contribution >= 0.6 is 0 Å². The first-order valence-corrected chi connectivity index (χ1v) is 4.32. The van der Waals surface area contributed by atoms with Gasteiger partial charge in [-0.1, -0.05) is 0 Å². The van der Waals surface area contributed by atoms with E-state index in [1.807, 2.05) is 0 Å². The van der Waals surface area contributed by atoms with Crippen molar-refractivity contribution in [2.24, 2.45) is 5.92 Å². The molecule has 0 N–H and O–H groups in total. The normalized spacial score (nSPS) is 16.2. The lowest BCUT2D eigenvalue weighted by Gasteiger charge is -2.06. The molecule has 0 aromatic heterocycles. The number of rotatable bonds is 4. The Kier molecular flexibility index (Phi) is 2.84. The minimum atomic E-state index is -0.387. The van der Waals surface area contributed by atoms with Crippen molar-refractivity contribution in [1.29, 1.82) is 0 Å². The van der Waals surface area contributed by atoms with Crippen molar-refractivity contribution in [3.05, 3.63) is 0 Å². The van der Waals surface area contributed by atoms with Gasteiger partial charge in [0.05, 0.1) is 6.10 Å². The highest BCUT2D eigenvalue weighted by Crippen LogP contribution is 2.30. The predicted molar refractivity (Wildman–Crippen MR) is 43.6 cm³/mol. The van der Waals surface area contributed by atoms with E-state index in [0.717, 1.165) is 12.8 Å². The standard InChI is InChI=1S/C9H14O3/c1-6(2)12-9(11)5-8(10)7-3-4-7/h6-7H,3-5H2,1-2H3. The molecule has 3 heteroatoms. The third-order valence-electron chi connectivity index (χ3n) is 1.72. The SMILES string of the molecule is CC(C)OC(=O)CC(=O)C1CC1. The molecule has 1 rings (SSSR count). The van der Waals surface area contributed by atoms with E-state index < -0.39 is 0 Å². The average Bonchev–Trinajstić information content (AvgIpc) is 2.63. The zero-order valence-corrected chi connectivity index (χ0v) is 7.50. The molecule has 0 heterocycles. The van der Waals surface area contributed by atoms with Crippen LogP contribution in [0.15, 0.2) is 0 Å². The third-order valence-corrected chi connectivity index (χ3v) is 1.72. The lowest BCUT2D eigenvalue weighted by molar-refractivity contribution is -0.149. The summed E-state index contributed by atoms with van der Waals surface area (Å²) in [5, 5.41) is 0. The number of hydrogen-bond donors (Lipinski definition) is 0. The molecule has 12 heavy (non-hydrogen) atoms. The molecule has 0 saturated heterocycles. The highest BCUT2D eigenvalue weighted by Gasteiger charge is 2.31. The maximum Gasteiger partial charge on any atom is 0.313 e. The monoisotopic (exact) mass is 170 g/mol. The Labute approximate surface area is 72.1 Å². The Bertz CT molecular complexity index is 192. The van der Waals surface area contributed by atoms with Crippen LogP contribution in [0.4, 0.5) is 0 Å². The molecule has 1 saturated carbocycles. The summed E-state index contributed by atoms with van der Waals surface area (Å²) in [5.74, 6) is -0.188. The maximum absolute atomic E-state index is 11.1. The Morgan fingerprint density at radius 3 is 2.42 bits per heavy atom. The zero-order valence-electron chi connectivity index (χ0n) is 7.50. The lowest BCUT2D eigenvalue weighted by Crippen LogP contribution is -2.16. The van der Waals surface area contributed by atoms with Crippen molar-refractivity contribution in [3.8, 4) is 0 Å². The number of ether oxygens (including phenoxy) is 1. The van der Waals surface area contributed by atoms with Crippen LogP contribution in [0.5, 0.6) is 0 Å². The van der Waals surface area contributed by atoms with E-state index in [1.165, 1.54) is 0 Å². The van der Waals surface area contributed by atoms with Gasteiger partial charge >= 0.3 is 5.97 Å². The topological polar surface area (TPSA) is 43.4 Å². The molecule has 0 radical (unpaired) electrons. The second-order valence-electron chi connectivity index (χ2n) is 3.46. The molecule has 0 aromatic carbocycles. The first-order chi connectivity index (χ1) is 5.59. The van der Waals surface area contributed by atoms with Crippen molar-refractivity contribution in [2.45, 2.75) is 39.2 Å². The molecule has 68 valence electrons. The second-order valence-corrected chi connectivity index (χ2v) is 3.46. The summed E-state index contributed by atoms with van der Waals surface area (Å²) < 4.78 is 4.84. The minimum Gasteiger partial charge on any atom is -0.463 e. The summed E-state index contributed by atoms with van der Waals surface area (Å²) in [6.07, 6.45) is 1.74. The molecule has 0 aliphatic heterocycles. The van der Waals surface area contributed by atoms with Gasteiger partial charge in [0, 0.05) is 5.92 Å². The number of hydrogen-bond acceptors (Lipinski definition) is 3. The summed E-state index contributed by atoms with van der Waals surface area (Å²) in [4.78, 5) is 22.0. The van der Waals surface area contributed by atoms with Gasteiger partial charge < -0.3 is 4.74 Å². The van der Waals surface area contributed by atoms with E-state index >= 15 is 0 Å². The highest BCUT2D eigenvalue weighted by atomic mass is 16.5. The Balaban J connectivity index is 2.20. The van der Waals surface area contributed by atoms with Gasteiger partial charge in [0.2, 0.25) is 0 Å². The number of carbonyl (C=O) groups is 2. The van der Waals surface area contributed by atoms with Crippen molar-refractivity contribution in [2.75, 3.05) is 0 Å². The Hall–Kier alpha value is -0.860. The molecule has 0 amide bonds. The second kappa shape index (κ2) is 3.70. The van der Waals surface area contributed by atoms with E-state index in [-0.39, 0.29) is 30.2 Å². The van der Waals surface area contributed by atoms with Gasteiger partial charge in [-0.15, -0.1) is 0 Å². The molecule has 1 aliphatic rings. The van der Waals surface area contributed by atoms with Gasteiger partial charge in [-0.25, -0.2) is 0 Å². The van der Waals surface area contributed by atoms with E-state index in [9.17, 15) is 9.59 Å². The van der Waals surface area contributed by atoms with Crippen LogP contribution in [0.1, 0.15) is 33.1 Å². The van der Waals surface area contributed by atoms with Crippen LogP contribution in [-0.4, -0.2) is 17.9 Å². The van der Waals surface area contributed by atoms with Gasteiger partial charge in [0.25, 0.3) is 0 Å². The fraction of sp³-hybridized carbons (Fsp3) is 0.778. The van der Waals surface area contributed by atoms with Crippen molar-refractivity contribution >= 4 is 11.8 Å². The Morgan fingerprint density at radius 2 is 2.00 bits per heavy atom. The summed E-state index contributed by atoms with van der Waals surface area (Å²) >= 11 is 0. The average molecular weight is 170 g/mol. The molecule has 1 fully saturated rings. The van der Waals surface area contributed by atoms with Gasteiger partial charge in [0.15, 0.2) is 0 Å². The lowest BCUT2D eigenvalue weighted by atomic mass is 10.2. The molecular weight excluding hydrogens is 156 g/mol. The molecule has 0 atom stereocenters. The fourth-order valence-corrected chi connectivity index (χ4v) is 0.996. The van der Waals surface area contributed by atoms with E-state index in [1.54, 1.807) is 13.8 Å². The smallest absolute Gasteiger partial charge is 0.313 e. The fourth-order valence-electron chi connectivity index (χ4n) is 0.996. The van der Waals surface area contributed by atoms with Crippen LogP contribution in [0.2, 0.25) is 0 Å². The molecule has 0 spiro atoms. The first kappa shape index (κ1) is 9.23. The van der Waals surface area contributed by atoms with E-state index in [2.05, 4.69) is 0 Å². The van der Waals surface area contributed by atoms with Crippen molar-refractivity contribution in [3.63, 3.8) is 0 Å². The largest absolute Gasteiger partial charge is 0.463 e. The van der Waals surface area contributed by atoms with Crippen LogP contribution in [0.3, 0.4) is 0 Å². The third kappa shape index (κ3) is 3.03. The van der Waals surface area contributed by atoms with Gasteiger partial charge in [-0.2, -0.15) is 0 Å². The number of Topliss-reactive ketones (excluding diaryl/α,β-unsaturated/α-hetero) is 1.